The molecule has 2 unspecified atom stereocenters. The van der Waals surface area contributed by atoms with Crippen molar-refractivity contribution in [3.8, 4) is 0 Å². The molecule has 1 aromatic carbocycles. The number of hydrogen-bond acceptors (Lipinski definition) is 4. The maximum atomic E-state index is 12.8. The summed E-state index contributed by atoms with van der Waals surface area (Å²) in [6.07, 6.45) is 4.19. The molecule has 1 N–H and O–H groups in total. The maximum Gasteiger partial charge on any atom is 0.417 e. The second-order valence-corrected chi connectivity index (χ2v) is 6.56. The highest BCUT2D eigenvalue weighted by Crippen LogP contribution is 2.49. The highest BCUT2D eigenvalue weighted by molar-refractivity contribution is 5.90. The van der Waals surface area contributed by atoms with E-state index in [2.05, 4.69) is 4.98 Å². The smallest absolute Gasteiger partial charge is 0.417 e. The second-order valence-electron chi connectivity index (χ2n) is 6.56. The number of fused-ring (bicyclic) bond motifs is 4. The van der Waals surface area contributed by atoms with Crippen molar-refractivity contribution >= 4 is 11.8 Å². The summed E-state index contributed by atoms with van der Waals surface area (Å²) in [5.41, 5.74) is 1.31. The Balaban J connectivity index is 1.62. The van der Waals surface area contributed by atoms with Crippen molar-refractivity contribution in [3.63, 3.8) is 0 Å². The van der Waals surface area contributed by atoms with Gasteiger partial charge in [-0.3, -0.25) is 4.98 Å². The lowest BCUT2D eigenvalue weighted by atomic mass is 9.76. The average molecular weight is 324 g/mol. The Morgan fingerprint density at radius 3 is 2.96 bits per heavy atom. The molecule has 0 radical (unpaired) electrons. The van der Waals surface area contributed by atoms with Gasteiger partial charge in [-0.2, -0.15) is 0 Å². The van der Waals surface area contributed by atoms with E-state index >= 15 is 0 Å². The molecule has 0 spiro atoms. The number of benzene rings is 1. The standard InChI is InChI=1S/C19H20N2O3/c22-18(24-13-14-6-2-1-3-7-14)21-16-9-5-11-20-17(16)15-8-4-10-19(21,23)12-15/h1-3,5-7,9,11,15,23H,4,8,10,12-13H2. The number of rotatable bonds is 2. The fraction of sp³-hybridized carbons (Fsp3) is 0.368. The van der Waals surface area contributed by atoms with Gasteiger partial charge < -0.3 is 9.84 Å². The van der Waals surface area contributed by atoms with Crippen molar-refractivity contribution < 1.29 is 14.6 Å². The first-order chi connectivity index (χ1) is 11.7. The minimum absolute atomic E-state index is 0.186. The van der Waals surface area contributed by atoms with E-state index in [1.54, 1.807) is 12.3 Å². The SMILES string of the molecule is O=C(OCc1ccccc1)N1c2cccnc2C2CCCC1(O)C2. The lowest BCUT2D eigenvalue weighted by Crippen LogP contribution is -2.57. The second kappa shape index (κ2) is 5.91. The van der Waals surface area contributed by atoms with E-state index in [-0.39, 0.29) is 12.5 Å². The lowest BCUT2D eigenvalue weighted by Gasteiger charge is -2.48. The summed E-state index contributed by atoms with van der Waals surface area (Å²) in [7, 11) is 0. The van der Waals surface area contributed by atoms with Gasteiger partial charge in [0.15, 0.2) is 0 Å². The minimum atomic E-state index is -1.17. The minimum Gasteiger partial charge on any atom is -0.444 e. The van der Waals surface area contributed by atoms with E-state index in [1.165, 1.54) is 4.90 Å². The number of ether oxygens (including phenoxy) is 1. The van der Waals surface area contributed by atoms with Crippen LogP contribution in [0.15, 0.2) is 48.7 Å². The zero-order valence-electron chi connectivity index (χ0n) is 13.4. The molecule has 2 aromatic rings. The number of hydrogen-bond donors (Lipinski definition) is 1. The number of carbonyl (C=O) groups excluding carboxylic acids is 1. The molecule has 1 saturated carbocycles. The molecule has 1 aliphatic carbocycles. The summed E-state index contributed by atoms with van der Waals surface area (Å²) in [4.78, 5) is 18.6. The van der Waals surface area contributed by atoms with E-state index < -0.39 is 11.8 Å². The van der Waals surface area contributed by atoms with Crippen molar-refractivity contribution in [2.24, 2.45) is 0 Å². The lowest BCUT2D eigenvalue weighted by molar-refractivity contribution is -0.0142. The molecule has 2 atom stereocenters. The molecule has 24 heavy (non-hydrogen) atoms. The molecule has 5 heteroatoms. The van der Waals surface area contributed by atoms with Gasteiger partial charge in [-0.25, -0.2) is 9.69 Å². The number of aromatic nitrogens is 1. The van der Waals surface area contributed by atoms with Crippen LogP contribution in [-0.4, -0.2) is 21.9 Å². The van der Waals surface area contributed by atoms with E-state index in [1.807, 2.05) is 36.4 Å². The van der Waals surface area contributed by atoms with Gasteiger partial charge in [0.25, 0.3) is 0 Å². The molecule has 2 bridgehead atoms. The van der Waals surface area contributed by atoms with E-state index in [0.717, 1.165) is 24.1 Å². The van der Waals surface area contributed by atoms with Gasteiger partial charge in [-0.1, -0.05) is 30.3 Å². The van der Waals surface area contributed by atoms with Crippen LogP contribution in [0.5, 0.6) is 0 Å². The molecule has 1 aliphatic heterocycles. The molecule has 1 aromatic heterocycles. The monoisotopic (exact) mass is 324 g/mol. The fourth-order valence-electron chi connectivity index (χ4n) is 3.86. The highest BCUT2D eigenvalue weighted by atomic mass is 16.6. The van der Waals surface area contributed by atoms with Crippen LogP contribution in [0.25, 0.3) is 0 Å². The van der Waals surface area contributed by atoms with Gasteiger partial charge in [-0.05, 0) is 37.0 Å². The van der Waals surface area contributed by atoms with Crippen LogP contribution in [0, 0.1) is 0 Å². The molecule has 2 heterocycles. The van der Waals surface area contributed by atoms with Crippen LogP contribution in [0.1, 0.15) is 42.9 Å². The first-order valence-corrected chi connectivity index (χ1v) is 8.36. The highest BCUT2D eigenvalue weighted by Gasteiger charge is 2.49. The van der Waals surface area contributed by atoms with Gasteiger partial charge in [0, 0.05) is 18.5 Å². The zero-order valence-corrected chi connectivity index (χ0v) is 13.4. The number of anilines is 1. The van der Waals surface area contributed by atoms with Gasteiger partial charge >= 0.3 is 6.09 Å². The molecule has 5 nitrogen and oxygen atoms in total. The van der Waals surface area contributed by atoms with Gasteiger partial charge in [0.05, 0.1) is 11.4 Å². The molecule has 0 saturated heterocycles. The Kier molecular flexibility index (Phi) is 3.73. The zero-order chi connectivity index (χ0) is 16.6. The normalized spacial score (nSPS) is 25.0. The quantitative estimate of drug-likeness (QED) is 0.917. The Morgan fingerprint density at radius 2 is 2.12 bits per heavy atom. The first-order valence-electron chi connectivity index (χ1n) is 8.36. The molecule has 124 valence electrons. The summed E-state index contributed by atoms with van der Waals surface area (Å²) in [5, 5.41) is 11.1. The Labute approximate surface area is 140 Å². The number of nitrogens with zero attached hydrogens (tertiary/aromatic N) is 2. The third-order valence-corrected chi connectivity index (χ3v) is 4.95. The summed E-state index contributed by atoms with van der Waals surface area (Å²) < 4.78 is 5.48. The van der Waals surface area contributed by atoms with Crippen LogP contribution < -0.4 is 4.90 Å². The molecule has 2 aliphatic rings. The van der Waals surface area contributed by atoms with Crippen molar-refractivity contribution in [1.29, 1.82) is 0 Å². The summed E-state index contributed by atoms with van der Waals surface area (Å²) >= 11 is 0. The Bertz CT molecular complexity index is 749. The third kappa shape index (κ3) is 2.55. The van der Waals surface area contributed by atoms with E-state index in [9.17, 15) is 9.90 Å². The van der Waals surface area contributed by atoms with Gasteiger partial charge in [0.1, 0.15) is 12.3 Å². The topological polar surface area (TPSA) is 62.7 Å². The first kappa shape index (κ1) is 15.1. The molecule has 1 amide bonds. The van der Waals surface area contributed by atoms with E-state index in [0.29, 0.717) is 18.5 Å². The van der Waals surface area contributed by atoms with Crippen molar-refractivity contribution in [2.45, 2.75) is 43.9 Å². The number of pyridine rings is 1. The maximum absolute atomic E-state index is 12.8. The summed E-state index contributed by atoms with van der Waals surface area (Å²) in [5.74, 6) is 0.207. The van der Waals surface area contributed by atoms with Crippen LogP contribution >= 0.6 is 0 Å². The number of carbonyl (C=O) groups is 1. The van der Waals surface area contributed by atoms with Gasteiger partial charge in [0.2, 0.25) is 0 Å². The Hall–Kier alpha value is -2.40. The largest absolute Gasteiger partial charge is 0.444 e. The molecule has 1 fully saturated rings. The molecule has 4 rings (SSSR count). The van der Waals surface area contributed by atoms with Crippen LogP contribution in [0.4, 0.5) is 10.5 Å². The van der Waals surface area contributed by atoms with Crippen LogP contribution in [0.3, 0.4) is 0 Å². The van der Waals surface area contributed by atoms with Crippen molar-refractivity contribution in [2.75, 3.05) is 4.90 Å². The van der Waals surface area contributed by atoms with E-state index in [4.69, 9.17) is 4.74 Å². The number of amides is 1. The summed E-state index contributed by atoms with van der Waals surface area (Å²) in [6, 6.07) is 13.2. The van der Waals surface area contributed by atoms with Crippen molar-refractivity contribution in [3.05, 3.63) is 59.9 Å². The third-order valence-electron chi connectivity index (χ3n) is 4.95. The predicted octanol–water partition coefficient (Wildman–Crippen LogP) is 3.58. The number of aliphatic hydroxyl groups is 1. The van der Waals surface area contributed by atoms with Crippen LogP contribution in [-0.2, 0) is 11.3 Å². The molecular formula is C19H20N2O3. The Morgan fingerprint density at radius 1 is 1.29 bits per heavy atom. The van der Waals surface area contributed by atoms with Crippen molar-refractivity contribution in [1.82, 2.24) is 4.98 Å². The van der Waals surface area contributed by atoms with Gasteiger partial charge in [-0.15, -0.1) is 0 Å². The fourth-order valence-corrected chi connectivity index (χ4v) is 3.86. The average Bonchev–Trinajstić information content (AvgIpc) is 2.61. The van der Waals surface area contributed by atoms with Crippen LogP contribution in [0.2, 0.25) is 0 Å². The molecular weight excluding hydrogens is 304 g/mol. The summed E-state index contributed by atoms with van der Waals surface area (Å²) in [6.45, 7) is 0.186. The predicted molar refractivity (Wildman–Crippen MR) is 89.5 cm³/mol.